The van der Waals surface area contributed by atoms with E-state index in [0.717, 1.165) is 16.9 Å². The minimum absolute atomic E-state index is 0.0441. The summed E-state index contributed by atoms with van der Waals surface area (Å²) in [6.07, 6.45) is 0. The first-order chi connectivity index (χ1) is 9.06. The van der Waals surface area contributed by atoms with Crippen molar-refractivity contribution in [3.63, 3.8) is 0 Å². The summed E-state index contributed by atoms with van der Waals surface area (Å²) in [4.78, 5) is 11.3. The van der Waals surface area contributed by atoms with Crippen molar-refractivity contribution in [1.82, 2.24) is 0 Å². The van der Waals surface area contributed by atoms with Crippen molar-refractivity contribution >= 4 is 5.78 Å². The summed E-state index contributed by atoms with van der Waals surface area (Å²) in [5.41, 5.74) is 2.50. The number of rotatable bonds is 4. The number of phenols is 1. The number of carbonyl (C=O) groups is 1. The van der Waals surface area contributed by atoms with Gasteiger partial charge in [0.05, 0.1) is 0 Å². The van der Waals surface area contributed by atoms with Crippen LogP contribution < -0.4 is 4.74 Å². The van der Waals surface area contributed by atoms with Gasteiger partial charge in [0.25, 0.3) is 0 Å². The second-order valence-corrected chi connectivity index (χ2v) is 4.50. The van der Waals surface area contributed by atoms with Crippen molar-refractivity contribution in [2.75, 3.05) is 0 Å². The minimum Gasteiger partial charge on any atom is -0.508 e. The Hall–Kier alpha value is -2.29. The van der Waals surface area contributed by atoms with Crippen LogP contribution in [-0.2, 0) is 6.61 Å². The monoisotopic (exact) mass is 256 g/mol. The van der Waals surface area contributed by atoms with Gasteiger partial charge < -0.3 is 9.84 Å². The number of hydrogen-bond donors (Lipinski definition) is 1. The van der Waals surface area contributed by atoms with Crippen molar-refractivity contribution < 1.29 is 14.6 Å². The number of aromatic hydroxyl groups is 1. The van der Waals surface area contributed by atoms with Gasteiger partial charge in [-0.2, -0.15) is 0 Å². The lowest BCUT2D eigenvalue weighted by Crippen LogP contribution is -1.99. The third-order valence-corrected chi connectivity index (χ3v) is 2.89. The molecule has 0 radical (unpaired) electrons. The first kappa shape index (κ1) is 13.1. The lowest BCUT2D eigenvalue weighted by molar-refractivity contribution is 0.101. The third kappa shape index (κ3) is 3.35. The number of phenolic OH excluding ortho intramolecular Hbond substituents is 1. The van der Waals surface area contributed by atoms with Crippen LogP contribution >= 0.6 is 0 Å². The lowest BCUT2D eigenvalue weighted by atomic mass is 10.1. The predicted octanol–water partition coefficient (Wildman–Crippen LogP) is 3.48. The molecular formula is C16H16O3. The number of Topliss-reactive ketones (excluding diaryl/α,β-unsaturated/α-hetero) is 1. The van der Waals surface area contributed by atoms with Gasteiger partial charge in [0, 0.05) is 5.56 Å². The molecule has 0 aliphatic heterocycles. The highest BCUT2D eigenvalue weighted by Gasteiger charge is 2.05. The SMILES string of the molecule is CC(=O)c1ccc(OCc2cccc(O)c2)c(C)c1. The number of carbonyl (C=O) groups excluding carboxylic acids is 1. The maximum atomic E-state index is 11.3. The minimum atomic E-state index is 0.0441. The van der Waals surface area contributed by atoms with Gasteiger partial charge in [-0.3, -0.25) is 4.79 Å². The van der Waals surface area contributed by atoms with E-state index in [-0.39, 0.29) is 11.5 Å². The molecule has 3 nitrogen and oxygen atoms in total. The van der Waals surface area contributed by atoms with E-state index < -0.39 is 0 Å². The van der Waals surface area contributed by atoms with Crippen molar-refractivity contribution in [3.8, 4) is 11.5 Å². The van der Waals surface area contributed by atoms with Gasteiger partial charge in [0.1, 0.15) is 18.1 Å². The zero-order valence-corrected chi connectivity index (χ0v) is 11.0. The molecule has 19 heavy (non-hydrogen) atoms. The number of ether oxygens (including phenoxy) is 1. The summed E-state index contributed by atoms with van der Waals surface area (Å²) < 4.78 is 5.69. The number of ketones is 1. The summed E-state index contributed by atoms with van der Waals surface area (Å²) in [7, 11) is 0. The lowest BCUT2D eigenvalue weighted by Gasteiger charge is -2.10. The number of hydrogen-bond acceptors (Lipinski definition) is 3. The summed E-state index contributed by atoms with van der Waals surface area (Å²) in [6.45, 7) is 3.83. The molecule has 98 valence electrons. The van der Waals surface area contributed by atoms with E-state index in [2.05, 4.69) is 0 Å². The maximum absolute atomic E-state index is 11.3. The second kappa shape index (κ2) is 5.57. The topological polar surface area (TPSA) is 46.5 Å². The molecule has 0 aliphatic carbocycles. The van der Waals surface area contributed by atoms with Crippen LogP contribution in [0.2, 0.25) is 0 Å². The summed E-state index contributed by atoms with van der Waals surface area (Å²) in [6, 6.07) is 12.3. The number of aryl methyl sites for hydroxylation is 1. The zero-order chi connectivity index (χ0) is 13.8. The van der Waals surface area contributed by atoms with E-state index in [4.69, 9.17) is 4.74 Å². The fourth-order valence-electron chi connectivity index (χ4n) is 1.84. The van der Waals surface area contributed by atoms with Crippen LogP contribution in [0.15, 0.2) is 42.5 Å². The van der Waals surface area contributed by atoms with Crippen molar-refractivity contribution in [2.24, 2.45) is 0 Å². The molecule has 0 saturated heterocycles. The van der Waals surface area contributed by atoms with Gasteiger partial charge in [0.2, 0.25) is 0 Å². The molecule has 3 heteroatoms. The zero-order valence-electron chi connectivity index (χ0n) is 11.0. The van der Waals surface area contributed by atoms with Gasteiger partial charge in [-0.15, -0.1) is 0 Å². The quantitative estimate of drug-likeness (QED) is 0.852. The predicted molar refractivity (Wildman–Crippen MR) is 73.6 cm³/mol. The van der Waals surface area contributed by atoms with Crippen LogP contribution in [0.3, 0.4) is 0 Å². The first-order valence-electron chi connectivity index (χ1n) is 6.08. The van der Waals surface area contributed by atoms with Gasteiger partial charge >= 0.3 is 0 Å². The fourth-order valence-corrected chi connectivity index (χ4v) is 1.84. The molecule has 2 rings (SSSR count). The van der Waals surface area contributed by atoms with Crippen molar-refractivity contribution in [1.29, 1.82) is 0 Å². The van der Waals surface area contributed by atoms with Crippen LogP contribution in [0.1, 0.15) is 28.4 Å². The molecule has 2 aromatic rings. The van der Waals surface area contributed by atoms with Crippen LogP contribution in [0.25, 0.3) is 0 Å². The standard InChI is InChI=1S/C16H16O3/c1-11-8-14(12(2)17)6-7-16(11)19-10-13-4-3-5-15(18)9-13/h3-9,18H,10H2,1-2H3. The average molecular weight is 256 g/mol. The van der Waals surface area contributed by atoms with Crippen LogP contribution in [0.5, 0.6) is 11.5 Å². The molecule has 0 heterocycles. The Bertz CT molecular complexity index is 603. The van der Waals surface area contributed by atoms with Gasteiger partial charge in [-0.05, 0) is 55.3 Å². The Morgan fingerprint density at radius 3 is 2.63 bits per heavy atom. The Morgan fingerprint density at radius 2 is 2.00 bits per heavy atom. The molecule has 0 spiro atoms. The molecular weight excluding hydrogens is 240 g/mol. The second-order valence-electron chi connectivity index (χ2n) is 4.50. The van der Waals surface area contributed by atoms with Crippen LogP contribution in [-0.4, -0.2) is 10.9 Å². The highest BCUT2D eigenvalue weighted by Crippen LogP contribution is 2.21. The van der Waals surface area contributed by atoms with E-state index in [1.807, 2.05) is 19.1 Å². The molecule has 0 amide bonds. The Balaban J connectivity index is 2.10. The van der Waals surface area contributed by atoms with E-state index in [0.29, 0.717) is 12.2 Å². The summed E-state index contributed by atoms with van der Waals surface area (Å²) in [5.74, 6) is 1.01. The highest BCUT2D eigenvalue weighted by molar-refractivity contribution is 5.94. The highest BCUT2D eigenvalue weighted by atomic mass is 16.5. The van der Waals surface area contributed by atoms with Crippen molar-refractivity contribution in [2.45, 2.75) is 20.5 Å². The molecule has 0 aromatic heterocycles. The Morgan fingerprint density at radius 1 is 1.21 bits per heavy atom. The largest absolute Gasteiger partial charge is 0.508 e. The van der Waals surface area contributed by atoms with E-state index in [9.17, 15) is 9.90 Å². The van der Waals surface area contributed by atoms with Gasteiger partial charge in [0.15, 0.2) is 5.78 Å². The first-order valence-corrected chi connectivity index (χ1v) is 6.08. The van der Waals surface area contributed by atoms with Crippen LogP contribution in [0, 0.1) is 6.92 Å². The molecule has 1 N–H and O–H groups in total. The molecule has 0 aliphatic rings. The van der Waals surface area contributed by atoms with Gasteiger partial charge in [-0.1, -0.05) is 12.1 Å². The van der Waals surface area contributed by atoms with E-state index in [1.165, 1.54) is 0 Å². The smallest absolute Gasteiger partial charge is 0.159 e. The third-order valence-electron chi connectivity index (χ3n) is 2.89. The Kier molecular flexibility index (Phi) is 3.85. The van der Waals surface area contributed by atoms with Crippen molar-refractivity contribution in [3.05, 3.63) is 59.2 Å². The molecule has 0 saturated carbocycles. The molecule has 2 aromatic carbocycles. The number of benzene rings is 2. The van der Waals surface area contributed by atoms with E-state index in [1.54, 1.807) is 37.3 Å². The molecule has 0 unspecified atom stereocenters. The maximum Gasteiger partial charge on any atom is 0.159 e. The fraction of sp³-hybridized carbons (Fsp3) is 0.188. The molecule has 0 bridgehead atoms. The Labute approximate surface area is 112 Å². The summed E-state index contributed by atoms with van der Waals surface area (Å²) in [5, 5.41) is 9.37. The summed E-state index contributed by atoms with van der Waals surface area (Å²) >= 11 is 0. The normalized spacial score (nSPS) is 10.2. The van der Waals surface area contributed by atoms with Gasteiger partial charge in [-0.25, -0.2) is 0 Å². The average Bonchev–Trinajstić information content (AvgIpc) is 2.37. The van der Waals surface area contributed by atoms with Crippen LogP contribution in [0.4, 0.5) is 0 Å². The van der Waals surface area contributed by atoms with E-state index >= 15 is 0 Å². The molecule has 0 fully saturated rings. The molecule has 0 atom stereocenters.